The number of carbonyl (C=O) groups excluding carboxylic acids is 2. The summed E-state index contributed by atoms with van der Waals surface area (Å²) in [4.78, 5) is 35.8. The molecule has 170 valence electrons. The highest BCUT2D eigenvalue weighted by molar-refractivity contribution is 6.12. The molecule has 1 aromatic heterocycles. The van der Waals surface area contributed by atoms with Gasteiger partial charge in [0, 0.05) is 42.9 Å². The van der Waals surface area contributed by atoms with E-state index in [1.807, 2.05) is 44.2 Å². The smallest absolute Gasteiger partial charge is 0.308 e. The van der Waals surface area contributed by atoms with E-state index in [-0.39, 0.29) is 37.6 Å². The average molecular weight is 442 g/mol. The molecule has 3 atom stereocenters. The number of aromatic nitrogens is 1. The lowest BCUT2D eigenvalue weighted by molar-refractivity contribution is -0.235. The van der Waals surface area contributed by atoms with Crippen LogP contribution < -0.4 is 0 Å². The molecule has 2 aliphatic heterocycles. The van der Waals surface area contributed by atoms with E-state index in [1.165, 1.54) is 0 Å². The lowest BCUT2D eigenvalue weighted by Crippen LogP contribution is -2.48. The quantitative estimate of drug-likeness (QED) is 0.575. The SMILES string of the molecule is CCOC1(CF)OC(=O)C[C@@H]1CC(=O)[C@]1(C(C)C)CC(c2nccc3ccccc23)=NO1. The maximum atomic E-state index is 13.9. The highest BCUT2D eigenvalue weighted by atomic mass is 19.1. The number of ketones is 1. The fourth-order valence-corrected chi connectivity index (χ4v) is 4.57. The Kier molecular flexibility index (Phi) is 5.99. The predicted molar refractivity (Wildman–Crippen MR) is 116 cm³/mol. The molecule has 0 aliphatic carbocycles. The van der Waals surface area contributed by atoms with Gasteiger partial charge in [-0.15, -0.1) is 0 Å². The van der Waals surface area contributed by atoms with Crippen LogP contribution >= 0.6 is 0 Å². The van der Waals surface area contributed by atoms with Gasteiger partial charge >= 0.3 is 5.97 Å². The molecule has 1 fully saturated rings. The molecule has 1 aromatic carbocycles. The lowest BCUT2D eigenvalue weighted by Gasteiger charge is -2.33. The molecular weight excluding hydrogens is 415 g/mol. The van der Waals surface area contributed by atoms with Gasteiger partial charge in [0.15, 0.2) is 12.5 Å². The lowest BCUT2D eigenvalue weighted by atomic mass is 9.77. The zero-order valence-corrected chi connectivity index (χ0v) is 18.5. The van der Waals surface area contributed by atoms with E-state index < -0.39 is 29.9 Å². The van der Waals surface area contributed by atoms with Crippen molar-refractivity contribution >= 4 is 28.2 Å². The maximum absolute atomic E-state index is 13.9. The van der Waals surface area contributed by atoms with Gasteiger partial charge in [-0.25, -0.2) is 4.39 Å². The van der Waals surface area contributed by atoms with Crippen LogP contribution in [-0.2, 0) is 23.9 Å². The number of oxime groups is 1. The first-order valence-electron chi connectivity index (χ1n) is 10.9. The number of fused-ring (bicyclic) bond motifs is 1. The Balaban J connectivity index is 1.60. The Hall–Kier alpha value is -2.87. The molecule has 8 heteroatoms. The van der Waals surface area contributed by atoms with Gasteiger partial charge in [0.2, 0.25) is 11.4 Å². The minimum atomic E-state index is -1.72. The molecule has 2 aromatic rings. The second-order valence-corrected chi connectivity index (χ2v) is 8.61. The molecule has 0 radical (unpaired) electrons. The van der Waals surface area contributed by atoms with Gasteiger partial charge in [-0.1, -0.05) is 43.3 Å². The molecule has 0 saturated carbocycles. The first-order chi connectivity index (χ1) is 15.3. The summed E-state index contributed by atoms with van der Waals surface area (Å²) in [5, 5.41) is 6.20. The van der Waals surface area contributed by atoms with Crippen molar-refractivity contribution in [1.29, 1.82) is 0 Å². The second-order valence-electron chi connectivity index (χ2n) is 8.61. The van der Waals surface area contributed by atoms with Crippen LogP contribution in [0.1, 0.15) is 45.7 Å². The number of benzene rings is 1. The minimum Gasteiger partial charge on any atom is -0.430 e. The second kappa shape index (κ2) is 8.58. The summed E-state index contributed by atoms with van der Waals surface area (Å²) in [7, 11) is 0. The number of esters is 1. The standard InChI is InChI=1S/C24H27FN2O5/c1-4-30-24(14-25)17(12-21(29)31-24)11-20(28)23(15(2)3)13-19(27-32-23)22-18-8-6-5-7-16(18)9-10-26-22/h5-10,15,17H,4,11-14H2,1-3H3/t17-,23+,24?/m0/s1. The third-order valence-electron chi connectivity index (χ3n) is 6.43. The summed E-state index contributed by atoms with van der Waals surface area (Å²) < 4.78 is 24.5. The number of cyclic esters (lactones) is 1. The third-order valence-corrected chi connectivity index (χ3v) is 6.43. The van der Waals surface area contributed by atoms with Crippen molar-refractivity contribution in [2.75, 3.05) is 13.3 Å². The Morgan fingerprint density at radius 2 is 2.09 bits per heavy atom. The molecule has 2 aliphatic rings. The Morgan fingerprint density at radius 1 is 1.31 bits per heavy atom. The number of carbonyl (C=O) groups is 2. The van der Waals surface area contributed by atoms with Crippen LogP contribution in [0.2, 0.25) is 0 Å². The van der Waals surface area contributed by atoms with Gasteiger partial charge in [0.05, 0.1) is 12.1 Å². The van der Waals surface area contributed by atoms with E-state index in [2.05, 4.69) is 10.1 Å². The fraction of sp³-hybridized carbons (Fsp3) is 0.500. The van der Waals surface area contributed by atoms with Crippen molar-refractivity contribution in [2.45, 2.75) is 51.4 Å². The summed E-state index contributed by atoms with van der Waals surface area (Å²) in [6.45, 7) is 4.60. The summed E-state index contributed by atoms with van der Waals surface area (Å²) in [5.74, 6) is -3.49. The van der Waals surface area contributed by atoms with Crippen LogP contribution in [0.3, 0.4) is 0 Å². The average Bonchev–Trinajstić information content (AvgIpc) is 3.36. The summed E-state index contributed by atoms with van der Waals surface area (Å²) >= 11 is 0. The number of ether oxygens (including phenoxy) is 2. The van der Waals surface area contributed by atoms with E-state index in [9.17, 15) is 14.0 Å². The first kappa shape index (κ1) is 22.3. The van der Waals surface area contributed by atoms with Crippen molar-refractivity contribution in [1.82, 2.24) is 4.98 Å². The van der Waals surface area contributed by atoms with Crippen molar-refractivity contribution in [2.24, 2.45) is 17.0 Å². The number of rotatable bonds is 8. The zero-order chi connectivity index (χ0) is 22.9. The van der Waals surface area contributed by atoms with E-state index in [0.29, 0.717) is 11.4 Å². The molecule has 0 N–H and O–H groups in total. The summed E-state index contributed by atoms with van der Waals surface area (Å²) in [6, 6.07) is 9.72. The van der Waals surface area contributed by atoms with Gasteiger partial charge < -0.3 is 14.3 Å². The molecule has 1 unspecified atom stereocenters. The van der Waals surface area contributed by atoms with Crippen LogP contribution in [0.5, 0.6) is 0 Å². The highest BCUT2D eigenvalue weighted by Gasteiger charge is 2.56. The molecule has 4 rings (SSSR count). The molecular formula is C24H27FN2O5. The van der Waals surface area contributed by atoms with Crippen LogP contribution in [0, 0.1) is 11.8 Å². The van der Waals surface area contributed by atoms with Gasteiger partial charge in [0.1, 0.15) is 5.71 Å². The zero-order valence-electron chi connectivity index (χ0n) is 18.5. The fourth-order valence-electron chi connectivity index (χ4n) is 4.57. The number of alkyl halides is 1. The normalized spacial score (nSPS) is 27.5. The number of Topliss-reactive ketones (excluding diaryl/α,β-unsaturated/α-hetero) is 1. The summed E-state index contributed by atoms with van der Waals surface area (Å²) in [6.07, 6.45) is 1.75. The minimum absolute atomic E-state index is 0.0809. The Bertz CT molecular complexity index is 1070. The topological polar surface area (TPSA) is 87.1 Å². The molecule has 0 bridgehead atoms. The molecule has 7 nitrogen and oxygen atoms in total. The van der Waals surface area contributed by atoms with Gasteiger partial charge in [-0.3, -0.25) is 14.6 Å². The predicted octanol–water partition coefficient (Wildman–Crippen LogP) is 3.98. The summed E-state index contributed by atoms with van der Waals surface area (Å²) in [5.41, 5.74) is 0.0304. The van der Waals surface area contributed by atoms with Crippen LogP contribution in [0.15, 0.2) is 41.7 Å². The first-order valence-corrected chi connectivity index (χ1v) is 10.9. The van der Waals surface area contributed by atoms with Crippen LogP contribution in [-0.4, -0.2) is 47.1 Å². The van der Waals surface area contributed by atoms with Gasteiger partial charge in [-0.05, 0) is 18.4 Å². The van der Waals surface area contributed by atoms with Gasteiger partial charge in [-0.2, -0.15) is 0 Å². The number of hydrogen-bond acceptors (Lipinski definition) is 7. The van der Waals surface area contributed by atoms with Gasteiger partial charge in [0.25, 0.3) is 0 Å². The Labute approximate surface area is 185 Å². The van der Waals surface area contributed by atoms with Crippen molar-refractivity contribution < 1.29 is 28.3 Å². The molecule has 0 amide bonds. The van der Waals surface area contributed by atoms with Crippen molar-refractivity contribution in [3.05, 3.63) is 42.2 Å². The Morgan fingerprint density at radius 3 is 2.81 bits per heavy atom. The van der Waals surface area contributed by atoms with Crippen molar-refractivity contribution in [3.8, 4) is 0 Å². The molecule has 1 saturated heterocycles. The maximum Gasteiger partial charge on any atom is 0.308 e. The molecule has 32 heavy (non-hydrogen) atoms. The van der Waals surface area contributed by atoms with E-state index in [1.54, 1.807) is 13.1 Å². The number of halogens is 1. The largest absolute Gasteiger partial charge is 0.430 e. The number of nitrogens with zero attached hydrogens (tertiary/aromatic N) is 2. The van der Waals surface area contributed by atoms with E-state index >= 15 is 0 Å². The number of pyridine rings is 1. The van der Waals surface area contributed by atoms with Crippen LogP contribution in [0.25, 0.3) is 10.8 Å². The highest BCUT2D eigenvalue weighted by Crippen LogP contribution is 2.42. The van der Waals surface area contributed by atoms with Crippen molar-refractivity contribution in [3.63, 3.8) is 0 Å². The van der Waals surface area contributed by atoms with E-state index in [0.717, 1.165) is 10.8 Å². The molecule has 0 spiro atoms. The third kappa shape index (κ3) is 3.66. The number of hydrogen-bond donors (Lipinski definition) is 0. The monoisotopic (exact) mass is 442 g/mol. The molecule has 3 heterocycles. The van der Waals surface area contributed by atoms with Crippen LogP contribution in [0.4, 0.5) is 4.39 Å². The van der Waals surface area contributed by atoms with E-state index in [4.69, 9.17) is 14.3 Å².